The van der Waals surface area contributed by atoms with Crippen molar-refractivity contribution in [2.24, 2.45) is 0 Å². The van der Waals surface area contributed by atoms with Gasteiger partial charge < -0.3 is 9.51 Å². The molecule has 0 fully saturated rings. The molecule has 0 atom stereocenters. The van der Waals surface area contributed by atoms with Gasteiger partial charge in [-0.25, -0.2) is 4.98 Å². The molecule has 0 bridgehead atoms. The van der Waals surface area contributed by atoms with Gasteiger partial charge in [0.15, 0.2) is 0 Å². The van der Waals surface area contributed by atoms with Crippen LogP contribution in [0.15, 0.2) is 54.9 Å². The smallest absolute Gasteiger partial charge is 0.324 e. The van der Waals surface area contributed by atoms with Crippen molar-refractivity contribution in [2.75, 3.05) is 0 Å². The van der Waals surface area contributed by atoms with E-state index in [0.29, 0.717) is 22.2 Å². The predicted octanol–water partition coefficient (Wildman–Crippen LogP) is 5.73. The zero-order chi connectivity index (χ0) is 25.2. The number of hydrogen-bond donors (Lipinski definition) is 1. The average molecular weight is 506 g/mol. The highest BCUT2D eigenvalue weighted by molar-refractivity contribution is 6.42. The Kier molecular flexibility index (Phi) is 6.94. The molecule has 2 aromatic carbocycles. The molecular formula is C20H13Cl2N5O7. The standard InChI is InChI=1S/C14H10Cl2N2.C6H3N3O7/c1-9-4-5-18-8-13(17-14(18)6-9)10-2-3-11(15)12(16)7-10;10-6-4(8(13)14)1-3(7(11)12)2-5(6)9(15)16/h2-8H,1H3;1-2,10H. The van der Waals surface area contributed by atoms with Gasteiger partial charge in [-0.15, -0.1) is 0 Å². The molecular weight excluding hydrogens is 493 g/mol. The molecule has 2 heterocycles. The second-order valence-electron chi connectivity index (χ2n) is 6.83. The highest BCUT2D eigenvalue weighted by atomic mass is 35.5. The predicted molar refractivity (Wildman–Crippen MR) is 123 cm³/mol. The lowest BCUT2D eigenvalue weighted by atomic mass is 10.2. The first-order valence-corrected chi connectivity index (χ1v) is 9.94. The second-order valence-corrected chi connectivity index (χ2v) is 7.64. The van der Waals surface area contributed by atoms with Crippen LogP contribution in [0, 0.1) is 37.3 Å². The van der Waals surface area contributed by atoms with E-state index in [1.165, 1.54) is 5.56 Å². The van der Waals surface area contributed by atoms with Gasteiger partial charge >= 0.3 is 11.4 Å². The van der Waals surface area contributed by atoms with Gasteiger partial charge in [0.25, 0.3) is 11.4 Å². The number of aryl methyl sites for hydroxylation is 1. The largest absolute Gasteiger partial charge is 0.497 e. The van der Waals surface area contributed by atoms with Crippen molar-refractivity contribution in [2.45, 2.75) is 6.92 Å². The van der Waals surface area contributed by atoms with Crippen LogP contribution < -0.4 is 0 Å². The highest BCUT2D eigenvalue weighted by Gasteiger charge is 2.30. The lowest BCUT2D eigenvalue weighted by Crippen LogP contribution is -1.97. The topological polar surface area (TPSA) is 167 Å². The number of nitro groups is 3. The highest BCUT2D eigenvalue weighted by Crippen LogP contribution is 2.39. The summed E-state index contributed by atoms with van der Waals surface area (Å²) in [5, 5.41) is 41.3. The normalized spacial score (nSPS) is 10.4. The number of imidazole rings is 1. The van der Waals surface area contributed by atoms with Crippen molar-refractivity contribution in [3.05, 3.63) is 101 Å². The number of benzene rings is 2. The molecule has 0 spiro atoms. The molecule has 0 unspecified atom stereocenters. The third-order valence-corrected chi connectivity index (χ3v) is 5.23. The molecule has 0 aliphatic carbocycles. The van der Waals surface area contributed by atoms with Crippen molar-refractivity contribution in [3.63, 3.8) is 0 Å². The molecule has 4 rings (SSSR count). The number of aromatic nitrogens is 2. The summed E-state index contributed by atoms with van der Waals surface area (Å²) in [6, 6.07) is 10.5. The summed E-state index contributed by atoms with van der Waals surface area (Å²) >= 11 is 11.9. The fourth-order valence-electron chi connectivity index (χ4n) is 2.85. The summed E-state index contributed by atoms with van der Waals surface area (Å²) in [5.41, 5.74) is 0.966. The van der Waals surface area contributed by atoms with Gasteiger partial charge in [0.2, 0.25) is 0 Å². The lowest BCUT2D eigenvalue weighted by Gasteiger charge is -1.98. The van der Waals surface area contributed by atoms with Crippen LogP contribution in [0.5, 0.6) is 5.75 Å². The van der Waals surface area contributed by atoms with Crippen molar-refractivity contribution < 1.29 is 19.9 Å². The number of nitrogens with zero attached hydrogens (tertiary/aromatic N) is 5. The van der Waals surface area contributed by atoms with Crippen molar-refractivity contribution in [1.29, 1.82) is 0 Å². The molecule has 1 N–H and O–H groups in total. The lowest BCUT2D eigenvalue weighted by molar-refractivity contribution is -0.404. The molecule has 14 heteroatoms. The van der Waals surface area contributed by atoms with Crippen LogP contribution in [0.2, 0.25) is 10.0 Å². The maximum absolute atomic E-state index is 10.4. The number of phenolic OH excluding ortho intramolecular Hbond substituents is 1. The van der Waals surface area contributed by atoms with Crippen LogP contribution in [0.4, 0.5) is 17.1 Å². The molecule has 0 radical (unpaired) electrons. The maximum atomic E-state index is 10.4. The van der Waals surface area contributed by atoms with Crippen molar-refractivity contribution in [1.82, 2.24) is 9.38 Å². The Morgan fingerprint density at radius 2 is 1.50 bits per heavy atom. The number of pyridine rings is 1. The van der Waals surface area contributed by atoms with Gasteiger partial charge in [-0.05, 0) is 36.8 Å². The van der Waals surface area contributed by atoms with Gasteiger partial charge in [-0.1, -0.05) is 29.3 Å². The summed E-state index contributed by atoms with van der Waals surface area (Å²) in [7, 11) is 0. The number of rotatable bonds is 4. The third kappa shape index (κ3) is 5.19. The second kappa shape index (κ2) is 9.68. The monoisotopic (exact) mass is 505 g/mol. The Morgan fingerprint density at radius 3 is 2.03 bits per heavy atom. The first-order chi connectivity index (χ1) is 16.0. The number of nitro benzene ring substituents is 3. The van der Waals surface area contributed by atoms with Gasteiger partial charge in [-0.2, -0.15) is 0 Å². The minimum Gasteiger partial charge on any atom is -0.497 e. The number of fused-ring (bicyclic) bond motifs is 1. The third-order valence-electron chi connectivity index (χ3n) is 4.49. The van der Waals surface area contributed by atoms with E-state index >= 15 is 0 Å². The molecule has 0 amide bonds. The van der Waals surface area contributed by atoms with Gasteiger partial charge in [0.1, 0.15) is 5.65 Å². The van der Waals surface area contributed by atoms with E-state index in [9.17, 15) is 30.3 Å². The summed E-state index contributed by atoms with van der Waals surface area (Å²) in [6.45, 7) is 2.05. The number of halogens is 2. The Labute approximate surface area is 200 Å². The van der Waals surface area contributed by atoms with Gasteiger partial charge in [0.05, 0.1) is 42.6 Å². The molecule has 0 aliphatic rings. The number of phenols is 1. The summed E-state index contributed by atoms with van der Waals surface area (Å²) in [6.07, 6.45) is 3.98. The van der Waals surface area contributed by atoms with Crippen LogP contribution in [0.3, 0.4) is 0 Å². The summed E-state index contributed by atoms with van der Waals surface area (Å²) in [4.78, 5) is 32.3. The Balaban J connectivity index is 0.000000192. The molecule has 4 aromatic rings. The van der Waals surface area contributed by atoms with Gasteiger partial charge in [-0.3, -0.25) is 30.3 Å². The average Bonchev–Trinajstić information content (AvgIpc) is 3.18. The Bertz CT molecular complexity index is 1420. The van der Waals surface area contributed by atoms with E-state index in [2.05, 4.69) is 4.98 Å². The SMILES string of the molecule is Cc1ccn2cc(-c3ccc(Cl)c(Cl)c3)nc2c1.O=[N+]([O-])c1cc([N+](=O)[O-])c(O)c([N+](=O)[O-])c1. The minimum atomic E-state index is -1.21. The van der Waals surface area contributed by atoms with Crippen LogP contribution in [-0.4, -0.2) is 29.3 Å². The minimum absolute atomic E-state index is 0.447. The first kappa shape index (κ1) is 24.4. The van der Waals surface area contributed by atoms with Crippen LogP contribution in [0.25, 0.3) is 16.9 Å². The van der Waals surface area contributed by atoms with Crippen LogP contribution in [0.1, 0.15) is 5.56 Å². The first-order valence-electron chi connectivity index (χ1n) is 9.19. The van der Waals surface area contributed by atoms with E-state index < -0.39 is 37.6 Å². The molecule has 2 aromatic heterocycles. The zero-order valence-corrected chi connectivity index (χ0v) is 18.6. The molecule has 12 nitrogen and oxygen atoms in total. The van der Waals surface area contributed by atoms with Crippen LogP contribution in [-0.2, 0) is 0 Å². The summed E-state index contributed by atoms with van der Waals surface area (Å²) < 4.78 is 1.99. The van der Waals surface area contributed by atoms with E-state index in [-0.39, 0.29) is 0 Å². The van der Waals surface area contributed by atoms with Gasteiger partial charge in [0, 0.05) is 18.0 Å². The fraction of sp³-hybridized carbons (Fsp3) is 0.0500. The maximum Gasteiger partial charge on any atom is 0.324 e. The summed E-state index contributed by atoms with van der Waals surface area (Å²) in [5.74, 6) is -1.21. The van der Waals surface area contributed by atoms with E-state index in [4.69, 9.17) is 28.3 Å². The van der Waals surface area contributed by atoms with E-state index in [1.54, 1.807) is 6.07 Å². The molecule has 0 aliphatic heterocycles. The van der Waals surface area contributed by atoms with Crippen LogP contribution >= 0.6 is 23.2 Å². The Hall–Kier alpha value is -4.29. The zero-order valence-electron chi connectivity index (χ0n) is 17.1. The molecule has 174 valence electrons. The van der Waals surface area contributed by atoms with E-state index in [1.807, 2.05) is 48.0 Å². The van der Waals surface area contributed by atoms with Crippen molar-refractivity contribution >= 4 is 45.9 Å². The molecule has 0 saturated heterocycles. The number of non-ortho nitro benzene ring substituents is 1. The van der Waals surface area contributed by atoms with Crippen molar-refractivity contribution in [3.8, 4) is 17.0 Å². The molecule has 0 saturated carbocycles. The molecule has 34 heavy (non-hydrogen) atoms. The number of aromatic hydroxyl groups is 1. The number of hydrogen-bond acceptors (Lipinski definition) is 8. The van der Waals surface area contributed by atoms with E-state index in [0.717, 1.165) is 16.9 Å². The fourth-order valence-corrected chi connectivity index (χ4v) is 3.15. The quantitative estimate of drug-likeness (QED) is 0.270. The Morgan fingerprint density at radius 1 is 0.882 bits per heavy atom.